The lowest BCUT2D eigenvalue weighted by molar-refractivity contribution is -0.384. The molecule has 1 N–H and O–H groups in total. The molecule has 0 aliphatic carbocycles. The van der Waals surface area contributed by atoms with E-state index >= 15 is 0 Å². The van der Waals surface area contributed by atoms with E-state index in [1.807, 2.05) is 0 Å². The van der Waals surface area contributed by atoms with Gasteiger partial charge < -0.3 is 5.32 Å². The van der Waals surface area contributed by atoms with Crippen LogP contribution >= 0.6 is 0 Å². The van der Waals surface area contributed by atoms with Crippen LogP contribution in [0.3, 0.4) is 0 Å². The highest BCUT2D eigenvalue weighted by molar-refractivity contribution is 5.55. The summed E-state index contributed by atoms with van der Waals surface area (Å²) >= 11 is 0. The van der Waals surface area contributed by atoms with Gasteiger partial charge in [0.2, 0.25) is 5.82 Å². The summed E-state index contributed by atoms with van der Waals surface area (Å²) in [7, 11) is 0. The highest BCUT2D eigenvalue weighted by atomic mass is 19.4. The van der Waals surface area contributed by atoms with Gasteiger partial charge in [-0.15, -0.1) is 0 Å². The number of alkyl halides is 3. The Morgan fingerprint density at radius 3 is 2.76 bits per heavy atom. The first-order valence-corrected chi connectivity index (χ1v) is 4.72. The van der Waals surface area contributed by atoms with Crippen molar-refractivity contribution >= 4 is 11.5 Å². The van der Waals surface area contributed by atoms with Gasteiger partial charge in [0.15, 0.2) is 0 Å². The van der Waals surface area contributed by atoms with Crippen LogP contribution in [0.5, 0.6) is 0 Å². The summed E-state index contributed by atoms with van der Waals surface area (Å²) < 4.78 is 36.2. The van der Waals surface area contributed by atoms with Crippen molar-refractivity contribution in [1.29, 1.82) is 0 Å². The third-order valence-electron chi connectivity index (χ3n) is 1.90. The Hall–Kier alpha value is -1.86. The molecule has 1 aromatic rings. The second kappa shape index (κ2) is 4.98. The molecule has 0 amide bonds. The predicted molar refractivity (Wildman–Crippen MR) is 54.6 cm³/mol. The Balaban J connectivity index is 2.78. The van der Waals surface area contributed by atoms with Gasteiger partial charge in [-0.25, -0.2) is 4.98 Å². The van der Waals surface area contributed by atoms with Crippen LogP contribution in [0.4, 0.5) is 24.7 Å². The first-order chi connectivity index (χ1) is 7.79. The van der Waals surface area contributed by atoms with E-state index in [1.165, 1.54) is 25.3 Å². The predicted octanol–water partition coefficient (Wildman–Crippen LogP) is 2.74. The Bertz CT molecular complexity index is 409. The maximum atomic E-state index is 12.1. The van der Waals surface area contributed by atoms with Crippen LogP contribution in [0.1, 0.15) is 13.3 Å². The van der Waals surface area contributed by atoms with Crippen molar-refractivity contribution in [2.75, 3.05) is 5.32 Å². The third kappa shape index (κ3) is 4.25. The van der Waals surface area contributed by atoms with Gasteiger partial charge in [-0.3, -0.25) is 10.1 Å². The number of hydrogen-bond acceptors (Lipinski definition) is 4. The SMILES string of the molecule is CC(CC(F)(F)F)Nc1ncccc1[N+](=O)[O-]. The van der Waals surface area contributed by atoms with Gasteiger partial charge in [0.1, 0.15) is 0 Å². The first kappa shape index (κ1) is 13.2. The van der Waals surface area contributed by atoms with Gasteiger partial charge in [-0.2, -0.15) is 13.2 Å². The Labute approximate surface area is 94.8 Å². The summed E-state index contributed by atoms with van der Waals surface area (Å²) in [6.07, 6.45) is -4.13. The van der Waals surface area contributed by atoms with Gasteiger partial charge in [0, 0.05) is 18.3 Å². The molecular weight excluding hydrogens is 239 g/mol. The maximum Gasteiger partial charge on any atom is 0.391 e. The number of hydrogen-bond donors (Lipinski definition) is 1. The number of anilines is 1. The fraction of sp³-hybridized carbons (Fsp3) is 0.444. The Morgan fingerprint density at radius 2 is 2.24 bits per heavy atom. The van der Waals surface area contributed by atoms with E-state index in [9.17, 15) is 23.3 Å². The topological polar surface area (TPSA) is 68.1 Å². The normalized spacial score (nSPS) is 13.2. The molecular formula is C9H10F3N3O2. The van der Waals surface area contributed by atoms with E-state index in [0.29, 0.717) is 0 Å². The molecule has 0 saturated carbocycles. The Kier molecular flexibility index (Phi) is 3.87. The molecule has 94 valence electrons. The van der Waals surface area contributed by atoms with Crippen molar-refractivity contribution in [3.63, 3.8) is 0 Å². The van der Waals surface area contributed by atoms with Gasteiger partial charge in [-0.1, -0.05) is 0 Å². The largest absolute Gasteiger partial charge is 0.391 e. The number of aromatic nitrogens is 1. The van der Waals surface area contributed by atoms with E-state index < -0.39 is 23.6 Å². The van der Waals surface area contributed by atoms with E-state index in [2.05, 4.69) is 10.3 Å². The molecule has 0 spiro atoms. The van der Waals surface area contributed by atoms with E-state index in [4.69, 9.17) is 0 Å². The average Bonchev–Trinajstić information content (AvgIpc) is 2.14. The Morgan fingerprint density at radius 1 is 1.59 bits per heavy atom. The summed E-state index contributed by atoms with van der Waals surface area (Å²) in [6, 6.07) is 1.54. The fourth-order valence-corrected chi connectivity index (χ4v) is 1.29. The van der Waals surface area contributed by atoms with Crippen LogP contribution in [-0.4, -0.2) is 22.1 Å². The zero-order chi connectivity index (χ0) is 13.1. The standard InChI is InChI=1S/C9H10F3N3O2/c1-6(5-9(10,11)12)14-8-7(15(16)17)3-2-4-13-8/h2-4,6H,5H2,1H3,(H,13,14). The molecule has 0 aliphatic rings. The van der Waals surface area contributed by atoms with Crippen LogP contribution in [-0.2, 0) is 0 Å². The van der Waals surface area contributed by atoms with Crippen molar-refractivity contribution in [2.24, 2.45) is 0 Å². The average molecular weight is 249 g/mol. The molecule has 1 unspecified atom stereocenters. The number of nitrogens with zero attached hydrogens (tertiary/aromatic N) is 2. The molecule has 8 heteroatoms. The molecule has 0 bridgehead atoms. The minimum Gasteiger partial charge on any atom is -0.362 e. The minimum atomic E-state index is -4.32. The first-order valence-electron chi connectivity index (χ1n) is 4.72. The smallest absolute Gasteiger partial charge is 0.362 e. The fourth-order valence-electron chi connectivity index (χ4n) is 1.29. The monoisotopic (exact) mass is 249 g/mol. The summed E-state index contributed by atoms with van der Waals surface area (Å²) in [5.74, 6) is -0.158. The highest BCUT2D eigenvalue weighted by Gasteiger charge is 2.30. The lowest BCUT2D eigenvalue weighted by atomic mass is 10.2. The van der Waals surface area contributed by atoms with E-state index in [-0.39, 0.29) is 11.5 Å². The third-order valence-corrected chi connectivity index (χ3v) is 1.90. The van der Waals surface area contributed by atoms with Gasteiger partial charge >= 0.3 is 11.9 Å². The van der Waals surface area contributed by atoms with Gasteiger partial charge in [0.25, 0.3) is 0 Å². The van der Waals surface area contributed by atoms with Crippen molar-refractivity contribution in [2.45, 2.75) is 25.6 Å². The quantitative estimate of drug-likeness (QED) is 0.658. The number of nitrogens with one attached hydrogen (secondary N) is 1. The van der Waals surface area contributed by atoms with Crippen LogP contribution in [0.15, 0.2) is 18.3 Å². The molecule has 0 aromatic carbocycles. The molecule has 0 aliphatic heterocycles. The van der Waals surface area contributed by atoms with E-state index in [1.54, 1.807) is 0 Å². The van der Waals surface area contributed by atoms with Crippen LogP contribution in [0.2, 0.25) is 0 Å². The lowest BCUT2D eigenvalue weighted by Gasteiger charge is -2.15. The maximum absolute atomic E-state index is 12.1. The zero-order valence-corrected chi connectivity index (χ0v) is 8.86. The summed E-state index contributed by atoms with van der Waals surface area (Å²) in [5.41, 5.74) is -0.346. The van der Waals surface area contributed by atoms with Crippen LogP contribution < -0.4 is 5.32 Å². The molecule has 0 radical (unpaired) electrons. The molecule has 1 heterocycles. The molecule has 1 atom stereocenters. The van der Waals surface area contributed by atoms with Crippen molar-refractivity contribution in [3.8, 4) is 0 Å². The minimum absolute atomic E-state index is 0.158. The number of halogens is 3. The summed E-state index contributed by atoms with van der Waals surface area (Å²) in [4.78, 5) is 13.5. The number of rotatable bonds is 4. The lowest BCUT2D eigenvalue weighted by Crippen LogP contribution is -2.24. The van der Waals surface area contributed by atoms with Gasteiger partial charge in [-0.05, 0) is 13.0 Å². The summed E-state index contributed by atoms with van der Waals surface area (Å²) in [5, 5.41) is 13.0. The molecule has 1 rings (SSSR count). The van der Waals surface area contributed by atoms with Crippen molar-refractivity contribution in [3.05, 3.63) is 28.4 Å². The molecule has 17 heavy (non-hydrogen) atoms. The van der Waals surface area contributed by atoms with Crippen molar-refractivity contribution < 1.29 is 18.1 Å². The molecule has 0 saturated heterocycles. The second-order valence-electron chi connectivity index (χ2n) is 3.49. The molecule has 5 nitrogen and oxygen atoms in total. The highest BCUT2D eigenvalue weighted by Crippen LogP contribution is 2.26. The number of pyridine rings is 1. The molecule has 0 fully saturated rings. The van der Waals surface area contributed by atoms with E-state index in [0.717, 1.165) is 0 Å². The van der Waals surface area contributed by atoms with Crippen molar-refractivity contribution in [1.82, 2.24) is 4.98 Å². The summed E-state index contributed by atoms with van der Waals surface area (Å²) in [6.45, 7) is 1.28. The van der Waals surface area contributed by atoms with Gasteiger partial charge in [0.05, 0.1) is 11.3 Å². The molecule has 1 aromatic heterocycles. The zero-order valence-electron chi connectivity index (χ0n) is 8.86. The van der Waals surface area contributed by atoms with Crippen LogP contribution in [0, 0.1) is 10.1 Å². The van der Waals surface area contributed by atoms with Crippen LogP contribution in [0.25, 0.3) is 0 Å². The number of nitro groups is 1. The second-order valence-corrected chi connectivity index (χ2v) is 3.49.